The molecule has 0 spiro atoms. The number of oxazole rings is 1. The first kappa shape index (κ1) is 21.1. The van der Waals surface area contributed by atoms with E-state index < -0.39 is 12.0 Å². The van der Waals surface area contributed by atoms with E-state index in [1.807, 2.05) is 39.0 Å². The summed E-state index contributed by atoms with van der Waals surface area (Å²) in [6, 6.07) is 5.16. The number of carboxylic acid groups (broad SMARTS) is 1. The van der Waals surface area contributed by atoms with E-state index in [2.05, 4.69) is 23.3 Å². The molecule has 0 radical (unpaired) electrons. The van der Waals surface area contributed by atoms with Crippen molar-refractivity contribution in [3.8, 4) is 5.75 Å². The maximum Gasteiger partial charge on any atom is 0.325 e. The van der Waals surface area contributed by atoms with Gasteiger partial charge in [-0.05, 0) is 56.9 Å². The number of aromatic nitrogens is 1. The summed E-state index contributed by atoms with van der Waals surface area (Å²) in [6.45, 7) is 8.52. The second kappa shape index (κ2) is 9.27. The number of benzene rings is 1. The zero-order chi connectivity index (χ0) is 21.0. The van der Waals surface area contributed by atoms with Gasteiger partial charge >= 0.3 is 5.97 Å². The number of aryl methyl sites for hydroxylation is 1. The molecule has 6 heteroatoms. The minimum absolute atomic E-state index is 0.134. The van der Waals surface area contributed by atoms with Gasteiger partial charge in [-0.25, -0.2) is 4.98 Å². The van der Waals surface area contributed by atoms with Crippen molar-refractivity contribution in [2.75, 3.05) is 6.61 Å². The molecule has 29 heavy (non-hydrogen) atoms. The molecule has 2 atom stereocenters. The summed E-state index contributed by atoms with van der Waals surface area (Å²) < 4.78 is 11.7. The number of unbranched alkanes of at least 4 members (excludes halogenated alkanes) is 1. The SMILES string of the molecule is CCCC=C(C)c1nc(CCOc2ccc3c(c2)[C@H](C(=O)O)N[C@@H](C)C3)c(C)o1. The van der Waals surface area contributed by atoms with E-state index in [1.165, 1.54) is 0 Å². The van der Waals surface area contributed by atoms with Crippen LogP contribution in [-0.2, 0) is 17.6 Å². The third-order valence-corrected chi connectivity index (χ3v) is 5.23. The van der Waals surface area contributed by atoms with E-state index >= 15 is 0 Å². The van der Waals surface area contributed by atoms with Crippen LogP contribution in [0.5, 0.6) is 5.75 Å². The van der Waals surface area contributed by atoms with Crippen molar-refractivity contribution in [2.24, 2.45) is 0 Å². The van der Waals surface area contributed by atoms with Gasteiger partial charge in [-0.15, -0.1) is 0 Å². The Morgan fingerprint density at radius 2 is 2.24 bits per heavy atom. The number of hydrogen-bond acceptors (Lipinski definition) is 5. The van der Waals surface area contributed by atoms with Crippen molar-refractivity contribution >= 4 is 11.5 Å². The van der Waals surface area contributed by atoms with Crippen molar-refractivity contribution < 1.29 is 19.1 Å². The standard InChI is InChI=1S/C23H30N2O4/c1-5-6-7-14(2)22-25-20(16(4)29-22)10-11-28-18-9-8-17-12-15(3)24-21(23(26)27)19(17)13-18/h7-9,13,15,21,24H,5-6,10-12H2,1-4H3,(H,26,27)/t15-,21+/m0/s1. The number of aliphatic carboxylic acids is 1. The number of carboxylic acids is 1. The smallest absolute Gasteiger partial charge is 0.325 e. The maximum absolute atomic E-state index is 11.6. The topological polar surface area (TPSA) is 84.6 Å². The fourth-order valence-corrected chi connectivity index (χ4v) is 3.63. The lowest BCUT2D eigenvalue weighted by Crippen LogP contribution is -2.41. The molecule has 0 unspecified atom stereocenters. The first-order chi connectivity index (χ1) is 13.9. The summed E-state index contributed by atoms with van der Waals surface area (Å²) in [6.07, 6.45) is 5.69. The van der Waals surface area contributed by atoms with E-state index in [0.717, 1.165) is 47.4 Å². The Labute approximate surface area is 172 Å². The summed E-state index contributed by atoms with van der Waals surface area (Å²) in [7, 11) is 0. The summed E-state index contributed by atoms with van der Waals surface area (Å²) >= 11 is 0. The van der Waals surface area contributed by atoms with Crippen LogP contribution in [0.1, 0.15) is 68.1 Å². The van der Waals surface area contributed by atoms with E-state index in [0.29, 0.717) is 24.7 Å². The van der Waals surface area contributed by atoms with Crippen molar-refractivity contribution in [1.82, 2.24) is 10.3 Å². The van der Waals surface area contributed by atoms with Crippen LogP contribution in [0.4, 0.5) is 0 Å². The summed E-state index contributed by atoms with van der Waals surface area (Å²) in [5, 5.41) is 12.7. The molecule has 0 bridgehead atoms. The Morgan fingerprint density at radius 1 is 1.45 bits per heavy atom. The second-order valence-corrected chi connectivity index (χ2v) is 7.70. The van der Waals surface area contributed by atoms with Crippen molar-refractivity contribution in [3.05, 3.63) is 52.7 Å². The third kappa shape index (κ3) is 5.07. The minimum atomic E-state index is -0.868. The van der Waals surface area contributed by atoms with Crippen molar-refractivity contribution in [2.45, 2.75) is 65.5 Å². The van der Waals surface area contributed by atoms with Crippen LogP contribution in [0.25, 0.3) is 5.57 Å². The average molecular weight is 399 g/mol. The van der Waals surface area contributed by atoms with Crippen LogP contribution in [-0.4, -0.2) is 28.7 Å². The van der Waals surface area contributed by atoms with Gasteiger partial charge in [0.05, 0.1) is 12.3 Å². The molecular weight excluding hydrogens is 368 g/mol. The Bertz CT molecular complexity index is 900. The Hall–Kier alpha value is -2.60. The monoisotopic (exact) mass is 398 g/mol. The summed E-state index contributed by atoms with van der Waals surface area (Å²) in [4.78, 5) is 16.2. The lowest BCUT2D eigenvalue weighted by atomic mass is 9.90. The zero-order valence-corrected chi connectivity index (χ0v) is 17.6. The zero-order valence-electron chi connectivity index (χ0n) is 17.6. The van der Waals surface area contributed by atoms with Gasteiger partial charge in [-0.2, -0.15) is 0 Å². The van der Waals surface area contributed by atoms with Crippen LogP contribution in [0.15, 0.2) is 28.7 Å². The predicted octanol–water partition coefficient (Wildman–Crippen LogP) is 4.47. The molecule has 1 aliphatic heterocycles. The van der Waals surface area contributed by atoms with Crippen LogP contribution >= 0.6 is 0 Å². The van der Waals surface area contributed by atoms with Crippen LogP contribution in [0.2, 0.25) is 0 Å². The quantitative estimate of drug-likeness (QED) is 0.683. The number of fused-ring (bicyclic) bond motifs is 1. The molecule has 3 rings (SSSR count). The van der Waals surface area contributed by atoms with E-state index in [1.54, 1.807) is 0 Å². The highest BCUT2D eigenvalue weighted by Gasteiger charge is 2.29. The largest absolute Gasteiger partial charge is 0.493 e. The molecule has 2 N–H and O–H groups in total. The summed E-state index contributed by atoms with van der Waals surface area (Å²) in [5.41, 5.74) is 3.78. The second-order valence-electron chi connectivity index (χ2n) is 7.70. The predicted molar refractivity (Wildman–Crippen MR) is 112 cm³/mol. The molecule has 2 heterocycles. The van der Waals surface area contributed by atoms with Gasteiger partial charge in [0.15, 0.2) is 0 Å². The van der Waals surface area contributed by atoms with E-state index in [-0.39, 0.29) is 6.04 Å². The van der Waals surface area contributed by atoms with E-state index in [4.69, 9.17) is 9.15 Å². The number of allylic oxidation sites excluding steroid dienone is 2. The molecule has 0 fully saturated rings. The first-order valence-electron chi connectivity index (χ1n) is 10.3. The Morgan fingerprint density at radius 3 is 2.97 bits per heavy atom. The van der Waals surface area contributed by atoms with Gasteiger partial charge in [-0.1, -0.05) is 25.5 Å². The van der Waals surface area contributed by atoms with Gasteiger partial charge in [0.25, 0.3) is 0 Å². The number of nitrogens with zero attached hydrogens (tertiary/aromatic N) is 1. The first-order valence-corrected chi connectivity index (χ1v) is 10.3. The van der Waals surface area contributed by atoms with Gasteiger partial charge in [-0.3, -0.25) is 10.1 Å². The number of carbonyl (C=O) groups is 1. The molecule has 2 aromatic rings. The molecule has 1 aromatic carbocycles. The lowest BCUT2D eigenvalue weighted by Gasteiger charge is -2.29. The molecule has 1 aromatic heterocycles. The maximum atomic E-state index is 11.6. The molecule has 6 nitrogen and oxygen atoms in total. The minimum Gasteiger partial charge on any atom is -0.493 e. The van der Waals surface area contributed by atoms with Gasteiger partial charge in [0.1, 0.15) is 17.6 Å². The van der Waals surface area contributed by atoms with E-state index in [9.17, 15) is 9.90 Å². The molecule has 0 saturated carbocycles. The number of rotatable bonds is 8. The highest BCUT2D eigenvalue weighted by Crippen LogP contribution is 2.29. The number of hydrogen-bond donors (Lipinski definition) is 2. The highest BCUT2D eigenvalue weighted by atomic mass is 16.5. The molecule has 1 aliphatic rings. The molecule has 0 saturated heterocycles. The van der Waals surface area contributed by atoms with Gasteiger partial charge in [0, 0.05) is 18.0 Å². The fourth-order valence-electron chi connectivity index (χ4n) is 3.63. The van der Waals surface area contributed by atoms with Gasteiger partial charge in [0.2, 0.25) is 5.89 Å². The highest BCUT2D eigenvalue weighted by molar-refractivity contribution is 5.77. The number of ether oxygens (including phenoxy) is 1. The Kier molecular flexibility index (Phi) is 6.75. The molecule has 156 valence electrons. The lowest BCUT2D eigenvalue weighted by molar-refractivity contribution is -0.140. The summed E-state index contributed by atoms with van der Waals surface area (Å²) in [5.74, 6) is 1.28. The van der Waals surface area contributed by atoms with Crippen molar-refractivity contribution in [1.29, 1.82) is 0 Å². The van der Waals surface area contributed by atoms with Gasteiger partial charge < -0.3 is 14.3 Å². The van der Waals surface area contributed by atoms with Crippen LogP contribution in [0, 0.1) is 6.92 Å². The molecule has 0 aliphatic carbocycles. The Balaban J connectivity index is 1.65. The van der Waals surface area contributed by atoms with Crippen LogP contribution < -0.4 is 10.1 Å². The molecular formula is C23H30N2O4. The normalized spacial score (nSPS) is 19.1. The third-order valence-electron chi connectivity index (χ3n) is 5.23. The fraction of sp³-hybridized carbons (Fsp3) is 0.478. The van der Waals surface area contributed by atoms with Crippen molar-refractivity contribution in [3.63, 3.8) is 0 Å². The average Bonchev–Trinajstić information content (AvgIpc) is 3.06. The van der Waals surface area contributed by atoms with Crippen LogP contribution in [0.3, 0.4) is 0 Å². The molecule has 0 amide bonds. The number of nitrogens with one attached hydrogen (secondary N) is 1.